The van der Waals surface area contributed by atoms with E-state index >= 15 is 0 Å². The number of carbonyl (C=O) groups is 1. The van der Waals surface area contributed by atoms with Crippen molar-refractivity contribution in [2.45, 2.75) is 13.8 Å². The number of carbonyl (C=O) groups excluding carboxylic acids is 1. The molecule has 2 nitrogen and oxygen atoms in total. The normalized spacial score (nSPS) is 11.2. The maximum Gasteiger partial charge on any atom is 0.195 e. The predicted octanol–water partition coefficient (Wildman–Crippen LogP) is 5.75. The Labute approximate surface area is 155 Å². The predicted molar refractivity (Wildman–Crippen MR) is 109 cm³/mol. The van der Waals surface area contributed by atoms with Gasteiger partial charge in [-0.3, -0.25) is 4.79 Å². The summed E-state index contributed by atoms with van der Waals surface area (Å²) in [6.07, 6.45) is 1.97. The van der Waals surface area contributed by atoms with Crippen LogP contribution in [0.25, 0.3) is 5.57 Å². The highest BCUT2D eigenvalue weighted by atomic mass is 16.1. The van der Waals surface area contributed by atoms with Gasteiger partial charge in [0.05, 0.1) is 0 Å². The Kier molecular flexibility index (Phi) is 5.65. The monoisotopic (exact) mass is 341 g/mol. The van der Waals surface area contributed by atoms with Gasteiger partial charge in [-0.2, -0.15) is 0 Å². The van der Waals surface area contributed by atoms with Crippen molar-refractivity contribution in [3.05, 3.63) is 108 Å². The van der Waals surface area contributed by atoms with Crippen molar-refractivity contribution in [3.63, 3.8) is 0 Å². The van der Waals surface area contributed by atoms with Gasteiger partial charge < -0.3 is 4.90 Å². The van der Waals surface area contributed by atoms with Crippen molar-refractivity contribution in [3.8, 4) is 0 Å². The zero-order valence-corrected chi connectivity index (χ0v) is 15.2. The van der Waals surface area contributed by atoms with Gasteiger partial charge in [-0.15, -0.1) is 0 Å². The largest absolute Gasteiger partial charge is 0.347 e. The highest BCUT2D eigenvalue weighted by Crippen LogP contribution is 2.23. The van der Waals surface area contributed by atoms with Crippen LogP contribution >= 0.6 is 0 Å². The van der Waals surface area contributed by atoms with Crippen LogP contribution in [0, 0.1) is 6.92 Å². The second-order valence-electron chi connectivity index (χ2n) is 6.23. The van der Waals surface area contributed by atoms with Gasteiger partial charge in [0.15, 0.2) is 5.78 Å². The van der Waals surface area contributed by atoms with Crippen molar-refractivity contribution >= 4 is 17.0 Å². The minimum Gasteiger partial charge on any atom is -0.347 e. The number of allylic oxidation sites excluding steroid dienone is 1. The molecule has 0 spiro atoms. The molecule has 0 saturated heterocycles. The molecule has 0 N–H and O–H groups in total. The molecule has 3 aromatic rings. The second-order valence-corrected chi connectivity index (χ2v) is 6.23. The molecule has 3 rings (SSSR count). The Hall–Kier alpha value is -3.13. The Balaban J connectivity index is 2.06. The lowest BCUT2D eigenvalue weighted by atomic mass is 9.96. The van der Waals surface area contributed by atoms with E-state index < -0.39 is 0 Å². The first-order valence-corrected chi connectivity index (χ1v) is 8.89. The number of ketones is 1. The van der Waals surface area contributed by atoms with E-state index in [9.17, 15) is 4.79 Å². The summed E-state index contributed by atoms with van der Waals surface area (Å²) < 4.78 is 0. The number of rotatable bonds is 6. The fourth-order valence-electron chi connectivity index (χ4n) is 2.87. The molecule has 26 heavy (non-hydrogen) atoms. The van der Waals surface area contributed by atoms with Crippen molar-refractivity contribution < 1.29 is 4.79 Å². The average molecular weight is 341 g/mol. The summed E-state index contributed by atoms with van der Waals surface area (Å²) in [5, 5.41) is 0. The Morgan fingerprint density at radius 3 is 1.96 bits per heavy atom. The van der Waals surface area contributed by atoms with Gasteiger partial charge in [0, 0.05) is 29.6 Å². The molecule has 130 valence electrons. The first kappa shape index (κ1) is 17.7. The molecule has 0 saturated carbocycles. The molecule has 0 amide bonds. The van der Waals surface area contributed by atoms with Gasteiger partial charge in [-0.25, -0.2) is 0 Å². The lowest BCUT2D eigenvalue weighted by Gasteiger charge is -2.20. The molecule has 0 aliphatic carbocycles. The number of para-hydroxylation sites is 1. The summed E-state index contributed by atoms with van der Waals surface area (Å²) in [5.41, 5.74) is 4.54. The number of anilines is 1. The molecule has 0 aliphatic heterocycles. The lowest BCUT2D eigenvalue weighted by Crippen LogP contribution is -2.17. The van der Waals surface area contributed by atoms with Crippen LogP contribution in [-0.2, 0) is 0 Å². The summed E-state index contributed by atoms with van der Waals surface area (Å²) in [7, 11) is 0. The molecule has 0 fully saturated rings. The summed E-state index contributed by atoms with van der Waals surface area (Å²) in [6, 6.07) is 27.7. The number of nitrogens with zero attached hydrogens (tertiary/aromatic N) is 1. The maximum absolute atomic E-state index is 13.2. The van der Waals surface area contributed by atoms with Gasteiger partial charge in [0.25, 0.3) is 0 Å². The number of aryl methyl sites for hydroxylation is 1. The quantitative estimate of drug-likeness (QED) is 0.420. The molecule has 2 heteroatoms. The molecule has 0 radical (unpaired) electrons. The molecule has 0 aliphatic rings. The van der Waals surface area contributed by atoms with E-state index in [0.717, 1.165) is 23.4 Å². The zero-order valence-electron chi connectivity index (χ0n) is 15.2. The molecule has 0 unspecified atom stereocenters. The molecule has 0 aromatic heterocycles. The van der Waals surface area contributed by atoms with Crippen LogP contribution in [0.4, 0.5) is 5.69 Å². The van der Waals surface area contributed by atoms with E-state index in [1.165, 1.54) is 0 Å². The third kappa shape index (κ3) is 4.09. The van der Waals surface area contributed by atoms with E-state index in [2.05, 4.69) is 24.0 Å². The smallest absolute Gasteiger partial charge is 0.195 e. The SMILES string of the molecule is CCN(/C=C(/C(=O)c1ccc(C)cc1)c1ccccc1)c1ccccc1. The number of benzene rings is 3. The highest BCUT2D eigenvalue weighted by molar-refractivity contribution is 6.29. The third-order valence-electron chi connectivity index (χ3n) is 4.36. The molecule has 0 atom stereocenters. The average Bonchev–Trinajstić information content (AvgIpc) is 2.70. The second kappa shape index (κ2) is 8.30. The fourth-order valence-corrected chi connectivity index (χ4v) is 2.87. The fraction of sp³-hybridized carbons (Fsp3) is 0.125. The highest BCUT2D eigenvalue weighted by Gasteiger charge is 2.16. The summed E-state index contributed by atoms with van der Waals surface area (Å²) in [4.78, 5) is 15.3. The van der Waals surface area contributed by atoms with Crippen LogP contribution in [0.1, 0.15) is 28.4 Å². The van der Waals surface area contributed by atoms with Crippen molar-refractivity contribution in [1.29, 1.82) is 0 Å². The molecular formula is C24H23NO. The van der Waals surface area contributed by atoms with Crippen LogP contribution in [-0.4, -0.2) is 12.3 Å². The van der Waals surface area contributed by atoms with E-state index in [0.29, 0.717) is 11.1 Å². The third-order valence-corrected chi connectivity index (χ3v) is 4.36. The first-order valence-electron chi connectivity index (χ1n) is 8.89. The van der Waals surface area contributed by atoms with Crippen molar-refractivity contribution in [2.75, 3.05) is 11.4 Å². The number of Topliss-reactive ketones (excluding diaryl/α,β-unsaturated/α-hetero) is 1. The maximum atomic E-state index is 13.2. The van der Waals surface area contributed by atoms with Gasteiger partial charge in [-0.05, 0) is 31.5 Å². The van der Waals surface area contributed by atoms with Gasteiger partial charge in [0.1, 0.15) is 0 Å². The Bertz CT molecular complexity index is 881. The van der Waals surface area contributed by atoms with E-state index in [-0.39, 0.29) is 5.78 Å². The standard InChI is InChI=1S/C24H23NO/c1-3-25(22-12-8-5-9-13-22)18-23(20-10-6-4-7-11-20)24(26)21-16-14-19(2)15-17-21/h4-18H,3H2,1-2H3/b23-18+. The summed E-state index contributed by atoms with van der Waals surface area (Å²) in [5.74, 6) is 0.0329. The minimum absolute atomic E-state index is 0.0329. The van der Waals surface area contributed by atoms with Crippen LogP contribution in [0.2, 0.25) is 0 Å². The van der Waals surface area contributed by atoms with E-state index in [1.807, 2.05) is 85.9 Å². The van der Waals surface area contributed by atoms with E-state index in [4.69, 9.17) is 0 Å². The molecule has 0 heterocycles. The summed E-state index contributed by atoms with van der Waals surface area (Å²) in [6.45, 7) is 4.89. The first-order chi connectivity index (χ1) is 12.7. The van der Waals surface area contributed by atoms with Gasteiger partial charge in [-0.1, -0.05) is 78.4 Å². The lowest BCUT2D eigenvalue weighted by molar-refractivity contribution is 0.105. The van der Waals surface area contributed by atoms with Crippen molar-refractivity contribution in [1.82, 2.24) is 0 Å². The van der Waals surface area contributed by atoms with Gasteiger partial charge in [0.2, 0.25) is 0 Å². The minimum atomic E-state index is 0.0329. The topological polar surface area (TPSA) is 20.3 Å². The Morgan fingerprint density at radius 1 is 0.808 bits per heavy atom. The van der Waals surface area contributed by atoms with Crippen LogP contribution in [0.3, 0.4) is 0 Å². The molecule has 0 bridgehead atoms. The Morgan fingerprint density at radius 2 is 1.38 bits per heavy atom. The number of hydrogen-bond acceptors (Lipinski definition) is 2. The zero-order chi connectivity index (χ0) is 18.4. The van der Waals surface area contributed by atoms with Crippen molar-refractivity contribution in [2.24, 2.45) is 0 Å². The van der Waals surface area contributed by atoms with E-state index in [1.54, 1.807) is 0 Å². The van der Waals surface area contributed by atoms with Gasteiger partial charge >= 0.3 is 0 Å². The van der Waals surface area contributed by atoms with Crippen LogP contribution in [0.15, 0.2) is 91.1 Å². The molecular weight excluding hydrogens is 318 g/mol. The number of hydrogen-bond donors (Lipinski definition) is 0. The van der Waals surface area contributed by atoms with Crippen LogP contribution in [0.5, 0.6) is 0 Å². The summed E-state index contributed by atoms with van der Waals surface area (Å²) >= 11 is 0. The molecule has 3 aromatic carbocycles. The van der Waals surface area contributed by atoms with Crippen LogP contribution < -0.4 is 4.90 Å².